The number of benzene rings is 2. The molecular weight excluding hydrogens is 388 g/mol. The molecule has 2 aromatic carbocycles. The van der Waals surface area contributed by atoms with E-state index in [0.717, 1.165) is 37.0 Å². The fourth-order valence-electron chi connectivity index (χ4n) is 3.65. The summed E-state index contributed by atoms with van der Waals surface area (Å²) in [6, 6.07) is 13.7. The topological polar surface area (TPSA) is 75.7 Å². The molecule has 0 bridgehead atoms. The molecule has 6 nitrogen and oxygen atoms in total. The molecule has 3 rings (SSSR count). The average Bonchev–Trinajstić information content (AvgIpc) is 2.74. The number of hydrogen-bond donors (Lipinski definition) is 1. The molecule has 0 heterocycles. The summed E-state index contributed by atoms with van der Waals surface area (Å²) in [4.78, 5) is 12.5. The van der Waals surface area contributed by atoms with Crippen molar-refractivity contribution in [2.75, 3.05) is 19.5 Å². The summed E-state index contributed by atoms with van der Waals surface area (Å²) in [5.41, 5.74) is 1.44. The largest absolute Gasteiger partial charge is 0.497 e. The number of nitrogens with zero attached hydrogens (tertiary/aromatic N) is 1. The van der Waals surface area contributed by atoms with Crippen molar-refractivity contribution in [3.05, 3.63) is 54.1 Å². The normalized spacial score (nSPS) is 15.3. The summed E-state index contributed by atoms with van der Waals surface area (Å²) < 4.78 is 32.4. The van der Waals surface area contributed by atoms with Gasteiger partial charge in [0.05, 0.1) is 18.4 Å². The highest BCUT2D eigenvalue weighted by atomic mass is 32.2. The van der Waals surface area contributed by atoms with Crippen LogP contribution in [0.5, 0.6) is 5.75 Å². The first-order chi connectivity index (χ1) is 13.9. The van der Waals surface area contributed by atoms with E-state index in [-0.39, 0.29) is 23.3 Å². The zero-order valence-electron chi connectivity index (χ0n) is 16.9. The summed E-state index contributed by atoms with van der Waals surface area (Å²) in [7, 11) is -0.272. The zero-order valence-corrected chi connectivity index (χ0v) is 17.7. The summed E-state index contributed by atoms with van der Waals surface area (Å²) in [5, 5.41) is 2.81. The summed E-state index contributed by atoms with van der Waals surface area (Å²) >= 11 is 0. The second kappa shape index (κ2) is 9.41. The van der Waals surface area contributed by atoms with Crippen LogP contribution < -0.4 is 10.1 Å². The van der Waals surface area contributed by atoms with Gasteiger partial charge in [-0.25, -0.2) is 8.42 Å². The van der Waals surface area contributed by atoms with E-state index in [1.807, 2.05) is 24.3 Å². The van der Waals surface area contributed by atoms with Crippen molar-refractivity contribution in [3.63, 3.8) is 0 Å². The van der Waals surface area contributed by atoms with E-state index in [1.165, 1.54) is 10.7 Å². The highest BCUT2D eigenvalue weighted by molar-refractivity contribution is 7.89. The van der Waals surface area contributed by atoms with E-state index in [4.69, 9.17) is 4.74 Å². The SMILES string of the molecule is COc1ccc(CC(=O)Nc2ccc(S(=O)(=O)N(C)C3CCCCC3)cc2)cc1. The van der Waals surface area contributed by atoms with Gasteiger partial charge in [0.25, 0.3) is 0 Å². The molecule has 0 spiro atoms. The Hall–Kier alpha value is -2.38. The Morgan fingerprint density at radius 2 is 1.66 bits per heavy atom. The van der Waals surface area contributed by atoms with Gasteiger partial charge in [-0.05, 0) is 54.8 Å². The van der Waals surface area contributed by atoms with Gasteiger partial charge < -0.3 is 10.1 Å². The molecule has 1 aliphatic carbocycles. The minimum atomic E-state index is -3.53. The van der Waals surface area contributed by atoms with Gasteiger partial charge in [-0.2, -0.15) is 4.31 Å². The third-order valence-corrected chi connectivity index (χ3v) is 7.35. The van der Waals surface area contributed by atoms with E-state index in [0.29, 0.717) is 5.69 Å². The Balaban J connectivity index is 1.62. The minimum absolute atomic E-state index is 0.0672. The van der Waals surface area contributed by atoms with Gasteiger partial charge in [0.1, 0.15) is 5.75 Å². The third-order valence-electron chi connectivity index (χ3n) is 5.43. The maximum Gasteiger partial charge on any atom is 0.243 e. The third kappa shape index (κ3) is 5.36. The lowest BCUT2D eigenvalue weighted by atomic mass is 9.96. The molecule has 0 saturated heterocycles. The van der Waals surface area contributed by atoms with E-state index in [1.54, 1.807) is 38.4 Å². The summed E-state index contributed by atoms with van der Waals surface area (Å²) in [6.07, 6.45) is 5.38. The smallest absolute Gasteiger partial charge is 0.243 e. The number of sulfonamides is 1. The van der Waals surface area contributed by atoms with Crippen LogP contribution in [0.2, 0.25) is 0 Å². The van der Waals surface area contributed by atoms with Crippen LogP contribution in [-0.4, -0.2) is 38.8 Å². The van der Waals surface area contributed by atoms with Crippen LogP contribution in [0.1, 0.15) is 37.7 Å². The second-order valence-electron chi connectivity index (χ2n) is 7.41. The van der Waals surface area contributed by atoms with E-state index < -0.39 is 10.0 Å². The number of carbonyl (C=O) groups is 1. The van der Waals surface area contributed by atoms with Crippen LogP contribution in [0.25, 0.3) is 0 Å². The summed E-state index contributed by atoms with van der Waals surface area (Å²) in [5.74, 6) is 0.578. The maximum atomic E-state index is 12.9. The first kappa shape index (κ1) is 21.3. The van der Waals surface area contributed by atoms with Crippen LogP contribution in [-0.2, 0) is 21.2 Å². The molecule has 2 aromatic rings. The molecule has 1 amide bonds. The van der Waals surface area contributed by atoms with Crippen molar-refractivity contribution in [3.8, 4) is 5.75 Å². The Labute approximate surface area is 172 Å². The number of carbonyl (C=O) groups excluding carboxylic acids is 1. The standard InChI is InChI=1S/C22H28N2O4S/c1-24(19-6-4-3-5-7-19)29(26,27)21-14-10-18(11-15-21)23-22(25)16-17-8-12-20(28-2)13-9-17/h8-15,19H,3-7,16H2,1-2H3,(H,23,25). The molecule has 7 heteroatoms. The van der Waals surface area contributed by atoms with Crippen LogP contribution in [0.4, 0.5) is 5.69 Å². The van der Waals surface area contributed by atoms with Crippen molar-refractivity contribution in [1.82, 2.24) is 4.31 Å². The zero-order chi connectivity index (χ0) is 20.9. The molecule has 1 fully saturated rings. The number of anilines is 1. The van der Waals surface area contributed by atoms with Crippen molar-refractivity contribution in [2.24, 2.45) is 0 Å². The minimum Gasteiger partial charge on any atom is -0.497 e. The fourth-order valence-corrected chi connectivity index (χ4v) is 5.07. The van der Waals surface area contributed by atoms with E-state index in [9.17, 15) is 13.2 Å². The van der Waals surface area contributed by atoms with Crippen molar-refractivity contribution in [1.29, 1.82) is 0 Å². The Kier molecular flexibility index (Phi) is 6.92. The van der Waals surface area contributed by atoms with E-state index >= 15 is 0 Å². The molecule has 1 N–H and O–H groups in total. The van der Waals surface area contributed by atoms with Crippen LogP contribution >= 0.6 is 0 Å². The number of ether oxygens (including phenoxy) is 1. The quantitative estimate of drug-likeness (QED) is 0.744. The monoisotopic (exact) mass is 416 g/mol. The molecule has 0 unspecified atom stereocenters. The van der Waals surface area contributed by atoms with Crippen LogP contribution in [0.3, 0.4) is 0 Å². The number of amides is 1. The predicted octanol–water partition coefficient (Wildman–Crippen LogP) is 3.83. The lowest BCUT2D eigenvalue weighted by Gasteiger charge is -2.30. The van der Waals surface area contributed by atoms with Crippen LogP contribution in [0, 0.1) is 0 Å². The Morgan fingerprint density at radius 1 is 1.03 bits per heavy atom. The average molecular weight is 417 g/mol. The van der Waals surface area contributed by atoms with E-state index in [2.05, 4.69) is 5.32 Å². The van der Waals surface area contributed by atoms with Crippen molar-refractivity contribution < 1.29 is 17.9 Å². The lowest BCUT2D eigenvalue weighted by Crippen LogP contribution is -2.38. The van der Waals surface area contributed by atoms with Gasteiger partial charge >= 0.3 is 0 Å². The van der Waals surface area contributed by atoms with Gasteiger partial charge in [-0.1, -0.05) is 31.4 Å². The molecule has 1 aliphatic rings. The fraction of sp³-hybridized carbons (Fsp3) is 0.409. The molecule has 0 radical (unpaired) electrons. The van der Waals surface area contributed by atoms with Gasteiger partial charge in [-0.15, -0.1) is 0 Å². The molecule has 156 valence electrons. The van der Waals surface area contributed by atoms with Gasteiger partial charge in [-0.3, -0.25) is 4.79 Å². The molecule has 29 heavy (non-hydrogen) atoms. The first-order valence-corrected chi connectivity index (χ1v) is 11.3. The van der Waals surface area contributed by atoms with Crippen LogP contribution in [0.15, 0.2) is 53.4 Å². The molecule has 0 aliphatic heterocycles. The molecular formula is C22H28N2O4S. The van der Waals surface area contributed by atoms with Gasteiger partial charge in [0, 0.05) is 18.8 Å². The Morgan fingerprint density at radius 3 is 2.24 bits per heavy atom. The van der Waals surface area contributed by atoms with Gasteiger partial charge in [0.15, 0.2) is 0 Å². The summed E-state index contributed by atoms with van der Waals surface area (Å²) in [6.45, 7) is 0. The predicted molar refractivity (Wildman–Crippen MR) is 114 cm³/mol. The number of nitrogens with one attached hydrogen (secondary N) is 1. The number of rotatable bonds is 7. The highest BCUT2D eigenvalue weighted by Crippen LogP contribution is 2.27. The number of methoxy groups -OCH3 is 1. The lowest BCUT2D eigenvalue weighted by molar-refractivity contribution is -0.115. The molecule has 0 aromatic heterocycles. The molecule has 1 saturated carbocycles. The molecule has 0 atom stereocenters. The van der Waals surface area contributed by atoms with Gasteiger partial charge in [0.2, 0.25) is 15.9 Å². The maximum absolute atomic E-state index is 12.9. The highest BCUT2D eigenvalue weighted by Gasteiger charge is 2.28. The first-order valence-electron chi connectivity index (χ1n) is 9.91. The number of hydrogen-bond acceptors (Lipinski definition) is 4. The van der Waals surface area contributed by atoms with Crippen molar-refractivity contribution >= 4 is 21.6 Å². The Bertz CT molecular complexity index is 918. The van der Waals surface area contributed by atoms with Crippen molar-refractivity contribution in [2.45, 2.75) is 49.5 Å². The second-order valence-corrected chi connectivity index (χ2v) is 9.41.